The maximum absolute atomic E-state index is 13.4. The number of nitro groups is 1. The summed E-state index contributed by atoms with van der Waals surface area (Å²) < 4.78 is 10.7. The summed E-state index contributed by atoms with van der Waals surface area (Å²) in [6.45, 7) is 3.49. The van der Waals surface area contributed by atoms with Crippen LogP contribution in [0.3, 0.4) is 0 Å². The quantitative estimate of drug-likeness (QED) is 0.368. The number of hydrogen-bond donors (Lipinski definition) is 1. The van der Waals surface area contributed by atoms with Crippen LogP contribution < -0.4 is 10.1 Å². The first-order valence-corrected chi connectivity index (χ1v) is 10.5. The Morgan fingerprint density at radius 2 is 1.73 bits per heavy atom. The fourth-order valence-electron chi connectivity index (χ4n) is 3.86. The summed E-state index contributed by atoms with van der Waals surface area (Å²) >= 11 is 0. The van der Waals surface area contributed by atoms with Crippen molar-refractivity contribution < 1.29 is 24.0 Å². The second-order valence-electron chi connectivity index (χ2n) is 7.60. The van der Waals surface area contributed by atoms with Crippen molar-refractivity contribution in [2.45, 2.75) is 0 Å². The first-order valence-electron chi connectivity index (χ1n) is 10.5. The highest BCUT2D eigenvalue weighted by Crippen LogP contribution is 2.33. The van der Waals surface area contributed by atoms with Crippen LogP contribution in [0.4, 0.5) is 11.4 Å². The number of methoxy groups -OCH3 is 1. The fourth-order valence-corrected chi connectivity index (χ4v) is 3.86. The Labute approximate surface area is 190 Å². The van der Waals surface area contributed by atoms with E-state index < -0.39 is 16.7 Å². The highest BCUT2D eigenvalue weighted by atomic mass is 16.6. The molecule has 2 aliphatic rings. The Hall–Kier alpha value is -3.76. The average molecular weight is 452 g/mol. The highest BCUT2D eigenvalue weighted by Gasteiger charge is 2.39. The number of amides is 2. The summed E-state index contributed by atoms with van der Waals surface area (Å²) in [5.41, 5.74) is 1.14. The third-order valence-corrected chi connectivity index (χ3v) is 5.65. The van der Waals surface area contributed by atoms with E-state index in [1.807, 2.05) is 0 Å². The summed E-state index contributed by atoms with van der Waals surface area (Å²) in [5, 5.41) is 14.1. The zero-order chi connectivity index (χ0) is 23.4. The van der Waals surface area contributed by atoms with Crippen molar-refractivity contribution in [3.8, 4) is 5.75 Å². The van der Waals surface area contributed by atoms with Gasteiger partial charge in [-0.1, -0.05) is 12.1 Å². The number of imide groups is 1. The van der Waals surface area contributed by atoms with Gasteiger partial charge in [0, 0.05) is 38.3 Å². The van der Waals surface area contributed by atoms with Gasteiger partial charge in [-0.05, 0) is 29.8 Å². The van der Waals surface area contributed by atoms with Gasteiger partial charge in [-0.15, -0.1) is 0 Å². The van der Waals surface area contributed by atoms with Crippen molar-refractivity contribution in [1.82, 2.24) is 9.80 Å². The molecule has 0 atom stereocenters. The van der Waals surface area contributed by atoms with Crippen LogP contribution in [0.1, 0.15) is 5.56 Å². The third kappa shape index (κ3) is 4.71. The molecule has 2 aromatic rings. The number of carbonyl (C=O) groups is 2. The number of ether oxygens (including phenoxy) is 2. The van der Waals surface area contributed by atoms with Gasteiger partial charge in [0.25, 0.3) is 17.5 Å². The molecule has 2 heterocycles. The van der Waals surface area contributed by atoms with E-state index in [1.165, 1.54) is 36.3 Å². The molecule has 0 aliphatic carbocycles. The van der Waals surface area contributed by atoms with Crippen LogP contribution in [0.2, 0.25) is 0 Å². The van der Waals surface area contributed by atoms with E-state index >= 15 is 0 Å². The standard InChI is InChI=1S/C23H24N4O6/c1-32-19-5-3-2-4-18(19)24-21-20(16-6-8-17(9-7-16)27(30)31)22(28)26(23(21)29)11-10-25-12-14-33-15-13-25/h2-9,24H,10-15H2,1H3. The molecule has 2 amide bonds. The Bertz CT molecular complexity index is 1090. The maximum Gasteiger partial charge on any atom is 0.278 e. The summed E-state index contributed by atoms with van der Waals surface area (Å²) in [5.74, 6) is -0.382. The minimum atomic E-state index is -0.511. The summed E-state index contributed by atoms with van der Waals surface area (Å²) in [6.07, 6.45) is 0. The minimum Gasteiger partial charge on any atom is -0.495 e. The molecule has 33 heavy (non-hydrogen) atoms. The number of benzene rings is 2. The van der Waals surface area contributed by atoms with Crippen LogP contribution in [0.25, 0.3) is 5.57 Å². The number of rotatable bonds is 8. The number of nitrogens with zero attached hydrogens (tertiary/aromatic N) is 3. The number of carbonyl (C=O) groups excluding carboxylic acids is 2. The van der Waals surface area contributed by atoms with Gasteiger partial charge in [-0.2, -0.15) is 0 Å². The zero-order valence-electron chi connectivity index (χ0n) is 18.2. The molecule has 0 spiro atoms. The SMILES string of the molecule is COc1ccccc1NC1=C(c2ccc([N+](=O)[O-])cc2)C(=O)N(CCN2CCOCC2)C1=O. The van der Waals surface area contributed by atoms with Crippen molar-refractivity contribution in [3.05, 3.63) is 69.9 Å². The number of non-ortho nitro benzene ring substituents is 1. The van der Waals surface area contributed by atoms with E-state index in [9.17, 15) is 19.7 Å². The fraction of sp³-hybridized carbons (Fsp3) is 0.304. The van der Waals surface area contributed by atoms with Crippen molar-refractivity contribution in [3.63, 3.8) is 0 Å². The molecule has 1 fully saturated rings. The molecule has 0 unspecified atom stereocenters. The van der Waals surface area contributed by atoms with Crippen molar-refractivity contribution >= 4 is 28.8 Å². The van der Waals surface area contributed by atoms with E-state index in [4.69, 9.17) is 9.47 Å². The molecule has 2 aromatic carbocycles. The minimum absolute atomic E-state index is 0.0977. The van der Waals surface area contributed by atoms with Crippen molar-refractivity contribution in [1.29, 1.82) is 0 Å². The number of nitro benzene ring substituents is 1. The largest absolute Gasteiger partial charge is 0.495 e. The lowest BCUT2D eigenvalue weighted by Crippen LogP contribution is -2.43. The number of para-hydroxylation sites is 2. The van der Waals surface area contributed by atoms with Gasteiger partial charge < -0.3 is 14.8 Å². The van der Waals surface area contributed by atoms with Crippen LogP contribution in [-0.4, -0.2) is 73.0 Å². The van der Waals surface area contributed by atoms with Gasteiger partial charge in [-0.3, -0.25) is 29.5 Å². The Morgan fingerprint density at radius 1 is 1.03 bits per heavy atom. The zero-order valence-corrected chi connectivity index (χ0v) is 18.2. The molecule has 172 valence electrons. The molecule has 0 radical (unpaired) electrons. The topological polar surface area (TPSA) is 114 Å². The summed E-state index contributed by atoms with van der Waals surface area (Å²) in [4.78, 5) is 40.6. The molecule has 0 bridgehead atoms. The maximum atomic E-state index is 13.4. The van der Waals surface area contributed by atoms with Gasteiger partial charge in [0.2, 0.25) is 0 Å². The molecular formula is C23H24N4O6. The molecule has 0 aromatic heterocycles. The van der Waals surface area contributed by atoms with Crippen LogP contribution in [-0.2, 0) is 14.3 Å². The Morgan fingerprint density at radius 3 is 2.39 bits per heavy atom. The smallest absolute Gasteiger partial charge is 0.278 e. The van der Waals surface area contributed by atoms with Gasteiger partial charge in [0.15, 0.2) is 0 Å². The van der Waals surface area contributed by atoms with Crippen LogP contribution in [0, 0.1) is 10.1 Å². The lowest BCUT2D eigenvalue weighted by Gasteiger charge is -2.28. The van der Waals surface area contributed by atoms with Crippen molar-refractivity contribution in [2.75, 3.05) is 51.8 Å². The molecule has 10 heteroatoms. The van der Waals surface area contributed by atoms with Crippen LogP contribution in [0.5, 0.6) is 5.75 Å². The summed E-state index contributed by atoms with van der Waals surface area (Å²) in [6, 6.07) is 12.7. The first-order chi connectivity index (χ1) is 16.0. The van der Waals surface area contributed by atoms with Gasteiger partial charge in [0.05, 0.1) is 36.5 Å². The predicted octanol–water partition coefficient (Wildman–Crippen LogP) is 2.13. The molecule has 0 saturated carbocycles. The molecule has 10 nitrogen and oxygen atoms in total. The molecule has 1 saturated heterocycles. The molecule has 4 rings (SSSR count). The van der Waals surface area contributed by atoms with Crippen molar-refractivity contribution in [2.24, 2.45) is 0 Å². The van der Waals surface area contributed by atoms with E-state index in [0.29, 0.717) is 36.8 Å². The number of nitrogens with one attached hydrogen (secondary N) is 1. The Kier molecular flexibility index (Phi) is 6.66. The van der Waals surface area contributed by atoms with E-state index in [1.54, 1.807) is 24.3 Å². The third-order valence-electron chi connectivity index (χ3n) is 5.65. The van der Waals surface area contributed by atoms with E-state index in [-0.39, 0.29) is 23.5 Å². The molecular weight excluding hydrogens is 428 g/mol. The van der Waals surface area contributed by atoms with Gasteiger partial charge in [0.1, 0.15) is 11.4 Å². The monoisotopic (exact) mass is 452 g/mol. The number of hydrogen-bond acceptors (Lipinski definition) is 8. The van der Waals surface area contributed by atoms with E-state index in [2.05, 4.69) is 10.2 Å². The lowest BCUT2D eigenvalue weighted by atomic mass is 10.0. The second-order valence-corrected chi connectivity index (χ2v) is 7.60. The predicted molar refractivity (Wildman–Crippen MR) is 121 cm³/mol. The molecule has 2 aliphatic heterocycles. The average Bonchev–Trinajstić information content (AvgIpc) is 3.07. The summed E-state index contributed by atoms with van der Waals surface area (Å²) in [7, 11) is 1.52. The highest BCUT2D eigenvalue weighted by molar-refractivity contribution is 6.36. The van der Waals surface area contributed by atoms with Gasteiger partial charge >= 0.3 is 0 Å². The Balaban J connectivity index is 1.66. The number of morpholine rings is 1. The number of anilines is 1. The van der Waals surface area contributed by atoms with Crippen LogP contribution in [0.15, 0.2) is 54.2 Å². The first kappa shape index (κ1) is 22.4. The lowest BCUT2D eigenvalue weighted by molar-refractivity contribution is -0.384. The second kappa shape index (κ2) is 9.80. The molecule has 1 N–H and O–H groups in total. The van der Waals surface area contributed by atoms with E-state index in [0.717, 1.165) is 13.1 Å². The normalized spacial score (nSPS) is 16.9. The van der Waals surface area contributed by atoms with Gasteiger partial charge in [-0.25, -0.2) is 0 Å². The van der Waals surface area contributed by atoms with Crippen LogP contribution >= 0.6 is 0 Å².